The highest BCUT2D eigenvalue weighted by atomic mass is 32.2. The molecular formula is C13H10FN5O3S2. The van der Waals surface area contributed by atoms with Crippen molar-refractivity contribution in [1.29, 1.82) is 0 Å². The number of nitrogens with zero attached hydrogens (tertiary/aromatic N) is 4. The Morgan fingerprint density at radius 2 is 2.25 bits per heavy atom. The molecule has 0 atom stereocenters. The van der Waals surface area contributed by atoms with Crippen LogP contribution in [0.4, 0.5) is 10.1 Å². The van der Waals surface area contributed by atoms with Crippen LogP contribution in [0.3, 0.4) is 0 Å². The first-order valence-corrected chi connectivity index (χ1v) is 8.15. The summed E-state index contributed by atoms with van der Waals surface area (Å²) in [5.74, 6) is 5.53. The summed E-state index contributed by atoms with van der Waals surface area (Å²) in [6, 6.07) is 5.96. The molecule has 0 fully saturated rings. The van der Waals surface area contributed by atoms with Crippen LogP contribution in [0.1, 0.15) is 0 Å². The van der Waals surface area contributed by atoms with Crippen molar-refractivity contribution in [2.75, 3.05) is 13.0 Å². The van der Waals surface area contributed by atoms with Crippen LogP contribution in [-0.4, -0.2) is 26.9 Å². The van der Waals surface area contributed by atoms with Gasteiger partial charge in [0.25, 0.3) is 0 Å². The van der Waals surface area contributed by atoms with E-state index in [1.165, 1.54) is 29.2 Å². The molecule has 0 saturated heterocycles. The molecule has 3 rings (SSSR count). The minimum absolute atomic E-state index is 0.0219. The molecule has 0 radical (unpaired) electrons. The maximum absolute atomic E-state index is 14.0. The fraction of sp³-hybridized carbons (Fsp3) is 0.0769. The first kappa shape index (κ1) is 16.2. The third kappa shape index (κ3) is 2.90. The minimum atomic E-state index is -0.997. The third-order valence-corrected chi connectivity index (χ3v) is 4.89. The van der Waals surface area contributed by atoms with E-state index in [1.54, 1.807) is 0 Å². The number of hydrogen-bond acceptors (Lipinski definition) is 8. The van der Waals surface area contributed by atoms with E-state index in [0.29, 0.717) is 5.82 Å². The first-order chi connectivity index (χ1) is 11.5. The Hall–Kier alpha value is -2.66. The van der Waals surface area contributed by atoms with Gasteiger partial charge >= 0.3 is 5.69 Å². The maximum Gasteiger partial charge on any atom is 0.318 e. The highest BCUT2D eigenvalue weighted by molar-refractivity contribution is 7.99. The van der Waals surface area contributed by atoms with Crippen molar-refractivity contribution < 1.29 is 14.1 Å². The quantitative estimate of drug-likeness (QED) is 0.419. The molecule has 2 aromatic heterocycles. The van der Waals surface area contributed by atoms with Crippen LogP contribution in [0.25, 0.3) is 10.7 Å². The summed E-state index contributed by atoms with van der Waals surface area (Å²) < 4.78 is 20.1. The van der Waals surface area contributed by atoms with Crippen LogP contribution >= 0.6 is 23.1 Å². The Labute approximate surface area is 143 Å². The molecule has 0 saturated carbocycles. The summed E-state index contributed by atoms with van der Waals surface area (Å²) in [5, 5.41) is 21.1. The number of rotatable bonds is 5. The number of thiophene rings is 1. The second-order valence-corrected chi connectivity index (χ2v) is 6.43. The molecule has 124 valence electrons. The number of ether oxygens (including phenoxy) is 1. The van der Waals surface area contributed by atoms with E-state index in [0.717, 1.165) is 22.7 Å². The Bertz CT molecular complexity index is 897. The number of nitro groups is 1. The van der Waals surface area contributed by atoms with Gasteiger partial charge < -0.3 is 10.6 Å². The normalized spacial score (nSPS) is 10.8. The van der Waals surface area contributed by atoms with E-state index in [9.17, 15) is 14.5 Å². The molecule has 2 N–H and O–H groups in total. The highest BCUT2D eigenvalue weighted by Gasteiger charge is 2.25. The van der Waals surface area contributed by atoms with E-state index < -0.39 is 16.4 Å². The zero-order valence-electron chi connectivity index (χ0n) is 12.2. The van der Waals surface area contributed by atoms with E-state index in [-0.39, 0.29) is 15.8 Å². The van der Waals surface area contributed by atoms with Crippen LogP contribution < -0.4 is 10.6 Å². The standard InChI is InChI=1S/C13H10FN5O3S2/c1-22-7-5-8(14)11(19(20)21)10(6-7)24-13-17-16-12(18(13)15)9-3-2-4-23-9/h2-6H,15H2,1H3. The molecule has 0 spiro atoms. The predicted octanol–water partition coefficient (Wildman–Crippen LogP) is 2.93. The maximum atomic E-state index is 14.0. The summed E-state index contributed by atoms with van der Waals surface area (Å²) >= 11 is 2.26. The Morgan fingerprint density at radius 3 is 2.88 bits per heavy atom. The number of nitrogens with two attached hydrogens (primary N) is 1. The zero-order chi connectivity index (χ0) is 17.3. The number of nitrogen functional groups attached to an aromatic ring is 1. The van der Waals surface area contributed by atoms with Crippen molar-refractivity contribution in [3.63, 3.8) is 0 Å². The first-order valence-electron chi connectivity index (χ1n) is 6.45. The second-order valence-electron chi connectivity index (χ2n) is 4.47. The van der Waals surface area contributed by atoms with Crippen molar-refractivity contribution in [2.24, 2.45) is 0 Å². The van der Waals surface area contributed by atoms with Gasteiger partial charge in [0, 0.05) is 12.1 Å². The summed E-state index contributed by atoms with van der Waals surface area (Å²) in [7, 11) is 1.34. The molecule has 2 heterocycles. The van der Waals surface area contributed by atoms with Gasteiger partial charge in [0.2, 0.25) is 11.0 Å². The van der Waals surface area contributed by atoms with Gasteiger partial charge in [-0.2, -0.15) is 4.39 Å². The molecule has 0 aliphatic heterocycles. The smallest absolute Gasteiger partial charge is 0.318 e. The zero-order valence-corrected chi connectivity index (χ0v) is 13.8. The molecule has 0 amide bonds. The summed E-state index contributed by atoms with van der Waals surface area (Å²) in [6.45, 7) is 0. The van der Waals surface area contributed by atoms with Crippen LogP contribution in [0.5, 0.6) is 5.75 Å². The number of halogens is 1. The van der Waals surface area contributed by atoms with Gasteiger partial charge in [0.15, 0.2) is 5.82 Å². The monoisotopic (exact) mass is 367 g/mol. The number of nitro benzene ring substituents is 1. The Kier molecular flexibility index (Phi) is 4.36. The number of methoxy groups -OCH3 is 1. The topological polar surface area (TPSA) is 109 Å². The molecular weight excluding hydrogens is 357 g/mol. The van der Waals surface area contributed by atoms with Crippen molar-refractivity contribution in [2.45, 2.75) is 10.1 Å². The lowest BCUT2D eigenvalue weighted by Crippen LogP contribution is -2.11. The molecule has 3 aromatic rings. The number of aromatic nitrogens is 3. The molecule has 0 aliphatic carbocycles. The van der Waals surface area contributed by atoms with Gasteiger partial charge in [0.1, 0.15) is 5.75 Å². The molecule has 24 heavy (non-hydrogen) atoms. The fourth-order valence-electron chi connectivity index (χ4n) is 1.94. The molecule has 11 heteroatoms. The molecule has 0 aliphatic rings. The highest BCUT2D eigenvalue weighted by Crippen LogP contribution is 2.39. The van der Waals surface area contributed by atoms with Crippen molar-refractivity contribution >= 4 is 28.8 Å². The average Bonchev–Trinajstić information content (AvgIpc) is 3.17. The number of benzene rings is 1. The summed E-state index contributed by atoms with van der Waals surface area (Å²) in [5.41, 5.74) is -0.665. The van der Waals surface area contributed by atoms with Gasteiger partial charge in [-0.05, 0) is 23.2 Å². The Morgan fingerprint density at radius 1 is 1.46 bits per heavy atom. The van der Waals surface area contributed by atoms with Crippen LogP contribution in [0, 0.1) is 15.9 Å². The van der Waals surface area contributed by atoms with E-state index in [4.69, 9.17) is 10.6 Å². The molecule has 0 bridgehead atoms. The minimum Gasteiger partial charge on any atom is -0.497 e. The molecule has 1 aromatic carbocycles. The fourth-order valence-corrected chi connectivity index (χ4v) is 3.55. The van der Waals surface area contributed by atoms with Crippen molar-refractivity contribution in [3.05, 3.63) is 45.6 Å². The SMILES string of the molecule is COc1cc(F)c([N+](=O)[O-])c(Sc2nnc(-c3cccs3)n2N)c1. The largest absolute Gasteiger partial charge is 0.497 e. The van der Waals surface area contributed by atoms with Crippen molar-refractivity contribution in [3.8, 4) is 16.5 Å². The third-order valence-electron chi connectivity index (χ3n) is 3.03. The van der Waals surface area contributed by atoms with E-state index >= 15 is 0 Å². The van der Waals surface area contributed by atoms with Crippen LogP contribution in [0.2, 0.25) is 0 Å². The van der Waals surface area contributed by atoms with E-state index in [2.05, 4.69) is 10.2 Å². The predicted molar refractivity (Wildman–Crippen MR) is 87.2 cm³/mol. The summed E-state index contributed by atoms with van der Waals surface area (Å²) in [4.78, 5) is 11.2. The second kappa shape index (κ2) is 6.45. The lowest BCUT2D eigenvalue weighted by Gasteiger charge is -2.06. The lowest BCUT2D eigenvalue weighted by molar-refractivity contribution is -0.390. The number of hydrogen-bond donors (Lipinski definition) is 1. The van der Waals surface area contributed by atoms with Crippen LogP contribution in [-0.2, 0) is 0 Å². The Balaban J connectivity index is 2.03. The van der Waals surface area contributed by atoms with Crippen LogP contribution in [0.15, 0.2) is 39.7 Å². The van der Waals surface area contributed by atoms with E-state index in [1.807, 2.05) is 17.5 Å². The van der Waals surface area contributed by atoms with Gasteiger partial charge in [-0.3, -0.25) is 10.1 Å². The lowest BCUT2D eigenvalue weighted by atomic mass is 10.3. The molecule has 0 unspecified atom stereocenters. The van der Waals surface area contributed by atoms with Gasteiger partial charge in [-0.15, -0.1) is 21.5 Å². The van der Waals surface area contributed by atoms with Gasteiger partial charge in [0.05, 0.1) is 21.8 Å². The average molecular weight is 367 g/mol. The van der Waals surface area contributed by atoms with Gasteiger partial charge in [-0.1, -0.05) is 6.07 Å². The van der Waals surface area contributed by atoms with Gasteiger partial charge in [-0.25, -0.2) is 4.68 Å². The summed E-state index contributed by atoms with van der Waals surface area (Å²) in [6.07, 6.45) is 0. The molecule has 8 nitrogen and oxygen atoms in total. The van der Waals surface area contributed by atoms with Crippen molar-refractivity contribution in [1.82, 2.24) is 14.9 Å².